The second-order valence-electron chi connectivity index (χ2n) is 15.6. The van der Waals surface area contributed by atoms with Crippen molar-refractivity contribution in [1.82, 2.24) is 15.8 Å². The lowest BCUT2D eigenvalue weighted by atomic mass is 9.88. The second kappa shape index (κ2) is 15.7. The highest BCUT2D eigenvalue weighted by Gasteiger charge is 2.47. The minimum atomic E-state index is -0.721. The van der Waals surface area contributed by atoms with Gasteiger partial charge in [-0.15, -0.1) is 0 Å². The maximum atomic E-state index is 13.0. The van der Waals surface area contributed by atoms with E-state index in [4.69, 9.17) is 9.26 Å². The molecule has 3 fully saturated rings. The van der Waals surface area contributed by atoms with Gasteiger partial charge in [-0.05, 0) is 105 Å². The van der Waals surface area contributed by atoms with Crippen LogP contribution in [0.3, 0.4) is 0 Å². The first-order chi connectivity index (χ1) is 27.0. The van der Waals surface area contributed by atoms with Gasteiger partial charge in [0.05, 0.1) is 35.8 Å². The third-order valence-electron chi connectivity index (χ3n) is 11.8. The van der Waals surface area contributed by atoms with E-state index in [2.05, 4.69) is 81.0 Å². The first kappa shape index (κ1) is 38.5. The number of ether oxygens (including phenoxy) is 1. The van der Waals surface area contributed by atoms with Crippen LogP contribution in [0.2, 0.25) is 0 Å². The van der Waals surface area contributed by atoms with Crippen molar-refractivity contribution >= 4 is 41.6 Å². The normalized spacial score (nSPS) is 16.9. The van der Waals surface area contributed by atoms with E-state index < -0.39 is 11.8 Å². The summed E-state index contributed by atoms with van der Waals surface area (Å²) in [6.07, 6.45) is 5.31. The van der Waals surface area contributed by atoms with Crippen LogP contribution in [-0.4, -0.2) is 69.1 Å². The Morgan fingerprint density at radius 2 is 1.80 bits per heavy atom. The number of rotatable bonds is 17. The number of carbonyl (C=O) groups is 4. The fourth-order valence-corrected chi connectivity index (χ4v) is 7.94. The maximum Gasteiger partial charge on any atom is 0.258 e. The number of imide groups is 1. The van der Waals surface area contributed by atoms with Gasteiger partial charge in [-0.25, -0.2) is 0 Å². The van der Waals surface area contributed by atoms with Crippen LogP contribution in [0.5, 0.6) is 0 Å². The molecule has 0 radical (unpaired) electrons. The molecule has 0 bridgehead atoms. The molecule has 1 unspecified atom stereocenters. The average molecular weight is 757 g/mol. The highest BCUT2D eigenvalue weighted by molar-refractivity contribution is 6.03. The molecule has 1 aromatic heterocycles. The molecular weight excluding hydrogens is 709 g/mol. The first-order valence-corrected chi connectivity index (χ1v) is 19.3. The molecule has 3 aromatic carbocycles. The summed E-state index contributed by atoms with van der Waals surface area (Å²) in [4.78, 5) is 52.6. The van der Waals surface area contributed by atoms with Gasteiger partial charge in [0.2, 0.25) is 12.3 Å². The van der Waals surface area contributed by atoms with E-state index in [9.17, 15) is 24.4 Å². The monoisotopic (exact) mass is 756 g/mol. The molecule has 3 aliphatic rings. The van der Waals surface area contributed by atoms with Crippen LogP contribution in [0.15, 0.2) is 65.2 Å². The Labute approximate surface area is 327 Å². The quantitative estimate of drug-likeness (QED) is 0.117. The summed E-state index contributed by atoms with van der Waals surface area (Å²) in [5.41, 5.74) is 8.32. The molecule has 2 aliphatic carbocycles. The number of benzene rings is 3. The fourth-order valence-electron chi connectivity index (χ4n) is 7.94. The fraction of sp³-hybridized carbons (Fsp3) is 0.409. The van der Waals surface area contributed by atoms with E-state index >= 15 is 0 Å². The highest BCUT2D eigenvalue weighted by Crippen LogP contribution is 2.51. The molecule has 12 heteroatoms. The summed E-state index contributed by atoms with van der Waals surface area (Å²) in [5.74, 6) is -0.860. The SMILES string of the molecule is CNC(=O)C(CCC=O)c1ccc(N2CC(OCC3(CN(c4ccc(C5(C#N)CC5)cc4)c4cc(-c5c(C)noc5C)ccc4C)CC3)C2)cc1C(=O)NC=O. The Balaban J connectivity index is 1.08. The average Bonchev–Trinajstić information content (AvgIpc) is 4.12. The van der Waals surface area contributed by atoms with Gasteiger partial charge in [0.15, 0.2) is 0 Å². The van der Waals surface area contributed by atoms with Gasteiger partial charge in [-0.1, -0.05) is 35.5 Å². The molecule has 0 spiro atoms. The van der Waals surface area contributed by atoms with Gasteiger partial charge in [0.25, 0.3) is 5.91 Å². The lowest BCUT2D eigenvalue weighted by Crippen LogP contribution is -2.53. The molecular formula is C44H48N6O6. The molecule has 2 N–H and O–H groups in total. The number of nitriles is 1. The van der Waals surface area contributed by atoms with E-state index in [1.807, 2.05) is 19.9 Å². The minimum Gasteiger partial charge on any atom is -0.374 e. The number of anilines is 3. The Morgan fingerprint density at radius 1 is 1.05 bits per heavy atom. The van der Waals surface area contributed by atoms with E-state index in [0.29, 0.717) is 31.7 Å². The van der Waals surface area contributed by atoms with Crippen molar-refractivity contribution in [2.24, 2.45) is 5.41 Å². The zero-order chi connectivity index (χ0) is 39.6. The van der Waals surface area contributed by atoms with Crippen LogP contribution >= 0.6 is 0 Å². The molecule has 2 heterocycles. The van der Waals surface area contributed by atoms with Crippen molar-refractivity contribution in [3.05, 3.63) is 94.4 Å². The van der Waals surface area contributed by atoms with Crippen LogP contribution in [0.25, 0.3) is 11.1 Å². The summed E-state index contributed by atoms with van der Waals surface area (Å²) in [6.45, 7) is 8.62. The number of aldehydes is 1. The number of likely N-dealkylation sites (N-methyl/N-ethyl adjacent to an activating group) is 1. The summed E-state index contributed by atoms with van der Waals surface area (Å²) >= 11 is 0. The number of hydrogen-bond donors (Lipinski definition) is 2. The minimum absolute atomic E-state index is 0.0105. The molecule has 56 heavy (non-hydrogen) atoms. The van der Waals surface area contributed by atoms with Crippen LogP contribution in [0, 0.1) is 37.5 Å². The number of aromatic nitrogens is 1. The lowest BCUT2D eigenvalue weighted by molar-refractivity contribution is -0.122. The molecule has 1 aliphatic heterocycles. The number of nitrogens with zero attached hydrogens (tertiary/aromatic N) is 4. The van der Waals surface area contributed by atoms with Gasteiger partial charge >= 0.3 is 0 Å². The smallest absolute Gasteiger partial charge is 0.258 e. The van der Waals surface area contributed by atoms with Crippen molar-refractivity contribution in [1.29, 1.82) is 5.26 Å². The lowest BCUT2D eigenvalue weighted by Gasteiger charge is -2.42. The van der Waals surface area contributed by atoms with Gasteiger partial charge in [0.1, 0.15) is 12.0 Å². The first-order valence-electron chi connectivity index (χ1n) is 19.3. The van der Waals surface area contributed by atoms with Crippen molar-refractivity contribution in [2.45, 2.75) is 76.7 Å². The van der Waals surface area contributed by atoms with Crippen LogP contribution < -0.4 is 20.4 Å². The zero-order valence-corrected chi connectivity index (χ0v) is 32.4. The maximum absolute atomic E-state index is 13.0. The third-order valence-corrected chi connectivity index (χ3v) is 11.8. The number of carbonyl (C=O) groups excluding carboxylic acids is 4. The topological polar surface area (TPSA) is 158 Å². The summed E-state index contributed by atoms with van der Waals surface area (Å²) < 4.78 is 12.1. The van der Waals surface area contributed by atoms with E-state index in [1.54, 1.807) is 12.1 Å². The zero-order valence-electron chi connectivity index (χ0n) is 32.4. The Kier molecular flexibility index (Phi) is 10.8. The number of amides is 3. The van der Waals surface area contributed by atoms with Gasteiger partial charge in [0, 0.05) is 66.7 Å². The predicted molar refractivity (Wildman–Crippen MR) is 212 cm³/mol. The number of aryl methyl sites for hydroxylation is 3. The molecule has 2 saturated carbocycles. The van der Waals surface area contributed by atoms with Crippen LogP contribution in [0.1, 0.15) is 82.9 Å². The standard InChI is InChI=1S/C44H48N6O6/c1-28-7-8-31(40-29(2)48-56-30(40)3)20-39(28)50(33-11-9-32(10-12-33)44(24-45)17-18-44)25-43(15-16-43)26-55-35-22-49(23-35)34-13-14-36(38(21-34)42(54)47-27-52)37(6-5-19-51)41(53)46-4/h7-14,19-21,27,35,37H,5-6,15-18,22-23,25-26H2,1-4H3,(H,46,53)(H,47,52,54). The van der Waals surface area contributed by atoms with Crippen molar-refractivity contribution < 1.29 is 28.4 Å². The Morgan fingerprint density at radius 3 is 2.41 bits per heavy atom. The van der Waals surface area contributed by atoms with E-state index in [0.717, 1.165) is 89.3 Å². The molecule has 7 rings (SSSR count). The summed E-state index contributed by atoms with van der Waals surface area (Å²) in [5, 5.41) is 18.9. The number of hydrogen-bond acceptors (Lipinski definition) is 10. The largest absolute Gasteiger partial charge is 0.374 e. The summed E-state index contributed by atoms with van der Waals surface area (Å²) in [7, 11) is 1.51. The summed E-state index contributed by atoms with van der Waals surface area (Å²) in [6, 6.07) is 22.8. The molecule has 12 nitrogen and oxygen atoms in total. The van der Waals surface area contributed by atoms with E-state index in [-0.39, 0.29) is 41.2 Å². The van der Waals surface area contributed by atoms with E-state index in [1.165, 1.54) is 7.05 Å². The Hall–Kier alpha value is -5.80. The molecule has 1 atom stereocenters. The van der Waals surface area contributed by atoms with Crippen molar-refractivity contribution in [3.63, 3.8) is 0 Å². The molecule has 290 valence electrons. The second-order valence-corrected chi connectivity index (χ2v) is 15.6. The van der Waals surface area contributed by atoms with Crippen LogP contribution in [-0.2, 0) is 24.5 Å². The predicted octanol–water partition coefficient (Wildman–Crippen LogP) is 6.34. The van der Waals surface area contributed by atoms with Crippen molar-refractivity contribution in [2.75, 3.05) is 43.1 Å². The third kappa shape index (κ3) is 7.69. The van der Waals surface area contributed by atoms with Crippen LogP contribution in [0.4, 0.5) is 17.1 Å². The number of nitrogens with one attached hydrogen (secondary N) is 2. The van der Waals surface area contributed by atoms with Gasteiger partial charge < -0.3 is 29.2 Å². The highest BCUT2D eigenvalue weighted by atomic mass is 16.5. The van der Waals surface area contributed by atoms with Gasteiger partial charge in [-0.2, -0.15) is 5.26 Å². The van der Waals surface area contributed by atoms with Crippen molar-refractivity contribution in [3.8, 4) is 17.2 Å². The van der Waals surface area contributed by atoms with Gasteiger partial charge in [-0.3, -0.25) is 19.7 Å². The molecule has 1 saturated heterocycles. The Bertz CT molecular complexity index is 2150. The molecule has 3 amide bonds. The molecule has 4 aromatic rings.